The Morgan fingerprint density at radius 1 is 1.47 bits per heavy atom. The Bertz CT molecular complexity index is 394. The molecule has 0 radical (unpaired) electrons. The molecule has 0 saturated heterocycles. The van der Waals surface area contributed by atoms with Crippen molar-refractivity contribution in [1.29, 1.82) is 0 Å². The largest absolute Gasteiger partial charge is 0.394 e. The van der Waals surface area contributed by atoms with E-state index in [-0.39, 0.29) is 5.54 Å². The van der Waals surface area contributed by atoms with Crippen LogP contribution < -0.4 is 5.32 Å². The molecular weight excluding hydrogens is 276 g/mol. The number of hydrogen-bond donors (Lipinski definition) is 2. The first-order valence-electron chi connectivity index (χ1n) is 7.23. The fourth-order valence-corrected chi connectivity index (χ4v) is 4.97. The van der Waals surface area contributed by atoms with Gasteiger partial charge >= 0.3 is 0 Å². The number of nitrogens with zero attached hydrogens (tertiary/aromatic N) is 1. The fraction of sp³-hybridized carbons (Fsp3) is 0.786. The van der Waals surface area contributed by atoms with Crippen molar-refractivity contribution >= 4 is 23.1 Å². The summed E-state index contributed by atoms with van der Waals surface area (Å²) in [5.74, 6) is 1.75. The van der Waals surface area contributed by atoms with Gasteiger partial charge in [0.1, 0.15) is 4.34 Å². The van der Waals surface area contributed by atoms with Crippen LogP contribution in [0.2, 0.25) is 0 Å². The summed E-state index contributed by atoms with van der Waals surface area (Å²) < 4.78 is 1.17. The molecule has 5 heteroatoms. The molecule has 2 aliphatic carbocycles. The van der Waals surface area contributed by atoms with Gasteiger partial charge in [-0.3, -0.25) is 0 Å². The summed E-state index contributed by atoms with van der Waals surface area (Å²) in [5.41, 5.74) is 0.0185. The van der Waals surface area contributed by atoms with E-state index in [1.807, 2.05) is 23.3 Å². The summed E-state index contributed by atoms with van der Waals surface area (Å²) in [6.45, 7) is 0.302. The third-order valence-electron chi connectivity index (χ3n) is 4.41. The predicted molar refractivity (Wildman–Crippen MR) is 80.8 cm³/mol. The van der Waals surface area contributed by atoms with Crippen molar-refractivity contribution < 1.29 is 5.11 Å². The summed E-state index contributed by atoms with van der Waals surface area (Å²) in [6, 6.07) is 0.680. The average Bonchev–Trinajstić information content (AvgIpc) is 2.92. The lowest BCUT2D eigenvalue weighted by Gasteiger charge is -2.35. The van der Waals surface area contributed by atoms with Crippen LogP contribution >= 0.6 is 23.1 Å². The topological polar surface area (TPSA) is 45.1 Å². The van der Waals surface area contributed by atoms with Crippen molar-refractivity contribution in [2.24, 2.45) is 5.92 Å². The Hall–Kier alpha value is -0.100. The summed E-state index contributed by atoms with van der Waals surface area (Å²) in [5, 5.41) is 15.6. The van der Waals surface area contributed by atoms with Crippen LogP contribution in [0.4, 0.5) is 0 Å². The number of aromatic nitrogens is 1. The normalized spacial score (nSPS) is 30.9. The molecule has 2 fully saturated rings. The minimum Gasteiger partial charge on any atom is -0.394 e. The molecule has 0 aliphatic heterocycles. The predicted octanol–water partition coefficient (Wildman–Crippen LogP) is 2.91. The number of thiazole rings is 1. The second kappa shape index (κ2) is 6.12. The van der Waals surface area contributed by atoms with E-state index in [4.69, 9.17) is 0 Å². The van der Waals surface area contributed by atoms with Crippen LogP contribution in [0.5, 0.6) is 0 Å². The maximum absolute atomic E-state index is 9.87. The molecule has 1 aromatic heterocycles. The van der Waals surface area contributed by atoms with E-state index in [0.29, 0.717) is 18.6 Å². The quantitative estimate of drug-likeness (QED) is 0.760. The molecule has 1 heterocycles. The lowest BCUT2D eigenvalue weighted by molar-refractivity contribution is 0.120. The zero-order chi connectivity index (χ0) is 13.1. The van der Waals surface area contributed by atoms with Crippen LogP contribution in [0.3, 0.4) is 0 Å². The van der Waals surface area contributed by atoms with Crippen molar-refractivity contribution in [2.45, 2.75) is 54.4 Å². The van der Waals surface area contributed by atoms with Crippen LogP contribution in [0.15, 0.2) is 15.9 Å². The van der Waals surface area contributed by atoms with Gasteiger partial charge in [-0.15, -0.1) is 11.3 Å². The highest BCUT2D eigenvalue weighted by Crippen LogP contribution is 2.41. The molecule has 0 amide bonds. The number of thioether (sulfide) groups is 1. The van der Waals surface area contributed by atoms with Gasteiger partial charge in [0.2, 0.25) is 0 Å². The van der Waals surface area contributed by atoms with E-state index in [0.717, 1.165) is 12.2 Å². The number of hydrogen-bond acceptors (Lipinski definition) is 5. The van der Waals surface area contributed by atoms with E-state index in [2.05, 4.69) is 10.3 Å². The molecule has 2 aliphatic rings. The molecule has 19 heavy (non-hydrogen) atoms. The van der Waals surface area contributed by atoms with Crippen LogP contribution in [-0.4, -0.2) is 34.0 Å². The molecule has 2 unspecified atom stereocenters. The standard InChI is InChI=1S/C14H22N2OS2/c17-10-14(16-12-3-4-12)6-1-2-11(14)5-8-18-13-15-7-9-19-13/h7,9,11-12,16-17H,1-6,8,10H2. The van der Waals surface area contributed by atoms with E-state index < -0.39 is 0 Å². The molecule has 2 saturated carbocycles. The van der Waals surface area contributed by atoms with Gasteiger partial charge in [-0.1, -0.05) is 18.2 Å². The zero-order valence-corrected chi connectivity index (χ0v) is 12.8. The number of aliphatic hydroxyl groups excluding tert-OH is 1. The molecule has 2 N–H and O–H groups in total. The molecule has 3 nitrogen and oxygen atoms in total. The number of aliphatic hydroxyl groups is 1. The van der Waals surface area contributed by atoms with Gasteiger partial charge in [0, 0.05) is 28.9 Å². The van der Waals surface area contributed by atoms with Crippen LogP contribution in [-0.2, 0) is 0 Å². The van der Waals surface area contributed by atoms with Crippen molar-refractivity contribution in [3.63, 3.8) is 0 Å². The third kappa shape index (κ3) is 3.32. The molecule has 0 spiro atoms. The smallest absolute Gasteiger partial charge is 0.149 e. The van der Waals surface area contributed by atoms with Gasteiger partial charge in [-0.05, 0) is 38.0 Å². The molecule has 106 valence electrons. The maximum Gasteiger partial charge on any atom is 0.149 e. The van der Waals surface area contributed by atoms with Crippen molar-refractivity contribution in [1.82, 2.24) is 10.3 Å². The highest BCUT2D eigenvalue weighted by atomic mass is 32.2. The van der Waals surface area contributed by atoms with Crippen LogP contribution in [0, 0.1) is 5.92 Å². The van der Waals surface area contributed by atoms with E-state index in [9.17, 15) is 5.11 Å². The molecule has 1 aromatic rings. The summed E-state index contributed by atoms with van der Waals surface area (Å²) in [7, 11) is 0. The van der Waals surface area contributed by atoms with Crippen molar-refractivity contribution in [3.05, 3.63) is 11.6 Å². The Labute approximate surface area is 123 Å². The van der Waals surface area contributed by atoms with Gasteiger partial charge in [-0.25, -0.2) is 4.98 Å². The zero-order valence-electron chi connectivity index (χ0n) is 11.2. The summed E-state index contributed by atoms with van der Waals surface area (Å²) in [4.78, 5) is 4.31. The molecule has 0 bridgehead atoms. The second-order valence-corrected chi connectivity index (χ2v) is 7.99. The first-order chi connectivity index (χ1) is 9.32. The second-order valence-electron chi connectivity index (χ2n) is 5.76. The molecular formula is C14H22N2OS2. The first kappa shape index (κ1) is 13.9. The number of nitrogens with one attached hydrogen (secondary N) is 1. The minimum absolute atomic E-state index is 0.0185. The highest BCUT2D eigenvalue weighted by Gasteiger charge is 2.44. The minimum atomic E-state index is 0.0185. The van der Waals surface area contributed by atoms with Crippen LogP contribution in [0.1, 0.15) is 38.5 Å². The molecule has 0 aromatic carbocycles. The van der Waals surface area contributed by atoms with Crippen LogP contribution in [0.25, 0.3) is 0 Å². The van der Waals surface area contributed by atoms with E-state index >= 15 is 0 Å². The van der Waals surface area contributed by atoms with Gasteiger partial charge in [0.25, 0.3) is 0 Å². The molecule has 3 rings (SSSR count). The monoisotopic (exact) mass is 298 g/mol. The lowest BCUT2D eigenvalue weighted by atomic mass is 9.85. The average molecular weight is 298 g/mol. The van der Waals surface area contributed by atoms with Gasteiger partial charge in [-0.2, -0.15) is 0 Å². The lowest BCUT2D eigenvalue weighted by Crippen LogP contribution is -2.52. The van der Waals surface area contributed by atoms with E-state index in [1.165, 1.54) is 36.4 Å². The van der Waals surface area contributed by atoms with Crippen molar-refractivity contribution in [3.8, 4) is 0 Å². The van der Waals surface area contributed by atoms with Gasteiger partial charge in [0.15, 0.2) is 0 Å². The van der Waals surface area contributed by atoms with E-state index in [1.54, 1.807) is 11.3 Å². The SMILES string of the molecule is OCC1(NC2CC2)CCCC1CCSc1nccs1. The first-order valence-corrected chi connectivity index (χ1v) is 9.10. The Morgan fingerprint density at radius 2 is 2.37 bits per heavy atom. The maximum atomic E-state index is 9.87. The summed E-state index contributed by atoms with van der Waals surface area (Å²) in [6.07, 6.45) is 9.31. The Kier molecular flexibility index (Phi) is 4.47. The third-order valence-corrected chi connectivity index (χ3v) is 6.41. The van der Waals surface area contributed by atoms with Gasteiger partial charge in [0.05, 0.1) is 6.61 Å². The Morgan fingerprint density at radius 3 is 3.05 bits per heavy atom. The Balaban J connectivity index is 1.52. The fourth-order valence-electron chi connectivity index (χ4n) is 3.21. The van der Waals surface area contributed by atoms with Crippen molar-refractivity contribution in [2.75, 3.05) is 12.4 Å². The highest BCUT2D eigenvalue weighted by molar-refractivity contribution is 8.00. The number of rotatable bonds is 7. The molecule has 2 atom stereocenters. The summed E-state index contributed by atoms with van der Waals surface area (Å²) >= 11 is 3.58. The van der Waals surface area contributed by atoms with Gasteiger partial charge < -0.3 is 10.4 Å².